The molecule has 25 heavy (non-hydrogen) atoms. The maximum Gasteiger partial charge on any atom is 0.273 e. The summed E-state index contributed by atoms with van der Waals surface area (Å²) in [5.74, 6) is 0.321. The summed E-state index contributed by atoms with van der Waals surface area (Å²) in [5.41, 5.74) is 1.07. The fourth-order valence-corrected chi connectivity index (χ4v) is 3.89. The zero-order valence-corrected chi connectivity index (χ0v) is 14.8. The Hall–Kier alpha value is -2.19. The van der Waals surface area contributed by atoms with Crippen molar-refractivity contribution in [2.75, 3.05) is 25.9 Å². The van der Waals surface area contributed by atoms with Crippen molar-refractivity contribution in [3.63, 3.8) is 0 Å². The molecule has 1 aromatic carbocycles. The van der Waals surface area contributed by atoms with E-state index in [9.17, 15) is 13.2 Å². The molecule has 1 atom stereocenters. The first kappa shape index (κ1) is 17.6. The van der Waals surface area contributed by atoms with Crippen LogP contribution >= 0.6 is 0 Å². The van der Waals surface area contributed by atoms with Gasteiger partial charge in [0.25, 0.3) is 5.91 Å². The van der Waals surface area contributed by atoms with Gasteiger partial charge in [0.2, 0.25) is 10.0 Å². The van der Waals surface area contributed by atoms with Crippen LogP contribution in [0.2, 0.25) is 0 Å². The largest absolute Gasteiger partial charge is 0.355 e. The van der Waals surface area contributed by atoms with Gasteiger partial charge in [-0.3, -0.25) is 4.79 Å². The van der Waals surface area contributed by atoms with Crippen molar-refractivity contribution in [2.45, 2.75) is 12.8 Å². The standard InChI is InChI=1S/C17H21N3O4S/c1-25(22,23)20-9-5-6-13(12-20)11-18-17(21)15-10-16(24-19-15)14-7-3-2-4-8-14/h2-4,7-8,10,13H,5-6,9,11-12H2,1H3,(H,18,21). The Morgan fingerprint density at radius 2 is 2.12 bits per heavy atom. The zero-order chi connectivity index (χ0) is 17.9. The van der Waals surface area contributed by atoms with Crippen LogP contribution in [0, 0.1) is 5.92 Å². The van der Waals surface area contributed by atoms with Gasteiger partial charge in [-0.15, -0.1) is 0 Å². The fourth-order valence-electron chi connectivity index (χ4n) is 2.94. The molecule has 1 aliphatic rings. The molecule has 0 aliphatic carbocycles. The molecule has 3 rings (SSSR count). The summed E-state index contributed by atoms with van der Waals surface area (Å²) in [6, 6.07) is 11.0. The van der Waals surface area contributed by atoms with E-state index in [2.05, 4.69) is 10.5 Å². The molecule has 0 radical (unpaired) electrons. The van der Waals surface area contributed by atoms with Crippen molar-refractivity contribution in [3.05, 3.63) is 42.1 Å². The Morgan fingerprint density at radius 3 is 2.84 bits per heavy atom. The van der Waals surface area contributed by atoms with Crippen molar-refractivity contribution >= 4 is 15.9 Å². The Bertz CT molecular complexity index is 833. The number of hydrogen-bond donors (Lipinski definition) is 1. The van der Waals surface area contributed by atoms with Gasteiger partial charge in [-0.2, -0.15) is 0 Å². The Labute approximate surface area is 147 Å². The number of aromatic nitrogens is 1. The molecule has 1 unspecified atom stereocenters. The lowest BCUT2D eigenvalue weighted by molar-refractivity contribution is 0.0932. The first-order valence-electron chi connectivity index (χ1n) is 8.19. The Balaban J connectivity index is 1.57. The quantitative estimate of drug-likeness (QED) is 0.873. The normalized spacial score (nSPS) is 18.8. The number of piperidine rings is 1. The third-order valence-corrected chi connectivity index (χ3v) is 5.57. The molecule has 2 heterocycles. The first-order valence-corrected chi connectivity index (χ1v) is 10.0. The van der Waals surface area contributed by atoms with Crippen LogP contribution in [-0.4, -0.2) is 49.7 Å². The van der Waals surface area contributed by atoms with E-state index < -0.39 is 10.0 Å². The number of nitrogens with one attached hydrogen (secondary N) is 1. The van der Waals surface area contributed by atoms with E-state index in [-0.39, 0.29) is 17.5 Å². The van der Waals surface area contributed by atoms with Crippen molar-refractivity contribution in [2.24, 2.45) is 5.92 Å². The SMILES string of the molecule is CS(=O)(=O)N1CCCC(CNC(=O)c2cc(-c3ccccc3)on2)C1. The fraction of sp³-hybridized carbons (Fsp3) is 0.412. The van der Waals surface area contributed by atoms with Crippen molar-refractivity contribution < 1.29 is 17.7 Å². The minimum Gasteiger partial charge on any atom is -0.355 e. The number of rotatable bonds is 5. The van der Waals surface area contributed by atoms with E-state index in [1.54, 1.807) is 6.07 Å². The number of nitrogens with zero attached hydrogens (tertiary/aromatic N) is 2. The Kier molecular flexibility index (Phi) is 5.19. The van der Waals surface area contributed by atoms with Crippen LogP contribution in [0.3, 0.4) is 0 Å². The van der Waals surface area contributed by atoms with E-state index in [0.29, 0.717) is 25.4 Å². The topological polar surface area (TPSA) is 92.5 Å². The van der Waals surface area contributed by atoms with Crippen LogP contribution in [0.1, 0.15) is 23.3 Å². The molecule has 0 saturated carbocycles. The third-order valence-electron chi connectivity index (χ3n) is 4.30. The average Bonchev–Trinajstić information content (AvgIpc) is 3.10. The highest BCUT2D eigenvalue weighted by molar-refractivity contribution is 7.88. The van der Waals surface area contributed by atoms with Crippen molar-refractivity contribution in [1.82, 2.24) is 14.8 Å². The third kappa shape index (κ3) is 4.46. The van der Waals surface area contributed by atoms with Gasteiger partial charge < -0.3 is 9.84 Å². The molecule has 7 nitrogen and oxygen atoms in total. The van der Waals surface area contributed by atoms with E-state index in [4.69, 9.17) is 4.52 Å². The number of carbonyl (C=O) groups is 1. The molecule has 2 aromatic rings. The summed E-state index contributed by atoms with van der Waals surface area (Å²) in [6.45, 7) is 1.40. The molecule has 1 N–H and O–H groups in total. The van der Waals surface area contributed by atoms with E-state index in [1.165, 1.54) is 10.6 Å². The summed E-state index contributed by atoms with van der Waals surface area (Å²) in [6.07, 6.45) is 2.91. The molecule has 0 bridgehead atoms. The summed E-state index contributed by atoms with van der Waals surface area (Å²) < 4.78 is 30.0. The van der Waals surface area contributed by atoms with E-state index in [1.807, 2.05) is 30.3 Å². The molecule has 8 heteroatoms. The first-order chi connectivity index (χ1) is 11.9. The molecule has 1 saturated heterocycles. The van der Waals surface area contributed by atoms with Gasteiger partial charge in [0.1, 0.15) is 0 Å². The number of carbonyl (C=O) groups excluding carboxylic acids is 1. The second-order valence-electron chi connectivity index (χ2n) is 6.28. The summed E-state index contributed by atoms with van der Waals surface area (Å²) in [7, 11) is -3.18. The van der Waals surface area contributed by atoms with Crippen molar-refractivity contribution in [1.29, 1.82) is 0 Å². The molecule has 0 spiro atoms. The lowest BCUT2D eigenvalue weighted by atomic mass is 10.00. The summed E-state index contributed by atoms with van der Waals surface area (Å²) in [4.78, 5) is 12.2. The number of amides is 1. The molecule has 1 aliphatic heterocycles. The maximum atomic E-state index is 12.2. The van der Waals surface area contributed by atoms with Gasteiger partial charge in [0.15, 0.2) is 11.5 Å². The van der Waals surface area contributed by atoms with Crippen molar-refractivity contribution in [3.8, 4) is 11.3 Å². The second-order valence-corrected chi connectivity index (χ2v) is 8.26. The lowest BCUT2D eigenvalue weighted by Crippen LogP contribution is -2.43. The zero-order valence-electron chi connectivity index (χ0n) is 14.0. The monoisotopic (exact) mass is 363 g/mol. The van der Waals surface area contributed by atoms with Gasteiger partial charge in [-0.05, 0) is 18.8 Å². The maximum absolute atomic E-state index is 12.2. The minimum atomic E-state index is -3.18. The molecule has 1 amide bonds. The van der Waals surface area contributed by atoms with Gasteiger partial charge in [-0.1, -0.05) is 35.5 Å². The second kappa shape index (κ2) is 7.37. The van der Waals surface area contributed by atoms with Crippen LogP contribution in [0.25, 0.3) is 11.3 Å². The smallest absolute Gasteiger partial charge is 0.273 e. The van der Waals surface area contributed by atoms with Crippen LogP contribution in [-0.2, 0) is 10.0 Å². The number of sulfonamides is 1. The summed E-state index contributed by atoms with van der Waals surface area (Å²) in [5, 5.41) is 6.64. The minimum absolute atomic E-state index is 0.105. The van der Waals surface area contributed by atoms with E-state index in [0.717, 1.165) is 18.4 Å². The van der Waals surface area contributed by atoms with Gasteiger partial charge in [0.05, 0.1) is 6.26 Å². The predicted octanol–water partition coefficient (Wildman–Crippen LogP) is 1.74. The van der Waals surface area contributed by atoms with Gasteiger partial charge in [-0.25, -0.2) is 12.7 Å². The average molecular weight is 363 g/mol. The van der Waals surface area contributed by atoms with E-state index >= 15 is 0 Å². The molecule has 134 valence electrons. The summed E-state index contributed by atoms with van der Waals surface area (Å²) >= 11 is 0. The highest BCUT2D eigenvalue weighted by Crippen LogP contribution is 2.20. The molecular formula is C17H21N3O4S. The molecule has 1 aromatic heterocycles. The Morgan fingerprint density at radius 1 is 1.36 bits per heavy atom. The molecule has 1 fully saturated rings. The number of benzene rings is 1. The van der Waals surface area contributed by atoms with Crippen LogP contribution in [0.5, 0.6) is 0 Å². The molecular weight excluding hydrogens is 342 g/mol. The highest BCUT2D eigenvalue weighted by Gasteiger charge is 2.26. The van der Waals surface area contributed by atoms with Crippen LogP contribution in [0.15, 0.2) is 40.9 Å². The highest BCUT2D eigenvalue weighted by atomic mass is 32.2. The van der Waals surface area contributed by atoms with Crippen LogP contribution in [0.4, 0.5) is 0 Å². The lowest BCUT2D eigenvalue weighted by Gasteiger charge is -2.30. The predicted molar refractivity (Wildman–Crippen MR) is 93.4 cm³/mol. The van der Waals surface area contributed by atoms with Gasteiger partial charge >= 0.3 is 0 Å². The van der Waals surface area contributed by atoms with Crippen LogP contribution < -0.4 is 5.32 Å². The van der Waals surface area contributed by atoms with Gasteiger partial charge in [0, 0.05) is 31.3 Å². The number of hydrogen-bond acceptors (Lipinski definition) is 5.